The summed E-state index contributed by atoms with van der Waals surface area (Å²) < 4.78 is 25.5. The topological polar surface area (TPSA) is 78.1 Å². The van der Waals surface area contributed by atoms with E-state index >= 15 is 0 Å². The van der Waals surface area contributed by atoms with Gasteiger partial charge < -0.3 is 0 Å². The van der Waals surface area contributed by atoms with Crippen molar-refractivity contribution in [2.75, 3.05) is 11.5 Å². The molecule has 1 atom stereocenters. The molecule has 3 rings (SSSR count). The Labute approximate surface area is 115 Å². The Bertz CT molecular complexity index is 860. The Morgan fingerprint density at radius 1 is 1.30 bits per heavy atom. The predicted octanol–water partition coefficient (Wildman–Crippen LogP) is 0.415. The standard InChI is InChI=1S/C13H14N2O4S/c1-14-13(17)10-4-2-3-5-11(10)15(14)12(16)9-6-7-20(18,19)8-9/h2-5,9H,6-8H2,1H3. The van der Waals surface area contributed by atoms with Gasteiger partial charge in [-0.05, 0) is 18.6 Å². The lowest BCUT2D eigenvalue weighted by atomic mass is 10.1. The van der Waals surface area contributed by atoms with Gasteiger partial charge in [0.1, 0.15) is 0 Å². The first kappa shape index (κ1) is 13.1. The van der Waals surface area contributed by atoms with Crippen molar-refractivity contribution >= 4 is 26.6 Å². The average Bonchev–Trinajstić information content (AvgIpc) is 2.89. The zero-order chi connectivity index (χ0) is 14.5. The molecule has 1 aromatic heterocycles. The molecule has 0 aliphatic carbocycles. The number of sulfone groups is 1. The quantitative estimate of drug-likeness (QED) is 0.763. The van der Waals surface area contributed by atoms with Crippen LogP contribution in [-0.4, -0.2) is 35.2 Å². The third-order valence-corrected chi connectivity index (χ3v) is 5.51. The summed E-state index contributed by atoms with van der Waals surface area (Å²) in [7, 11) is -1.61. The number of carbonyl (C=O) groups excluding carboxylic acids is 1. The molecule has 1 saturated heterocycles. The summed E-state index contributed by atoms with van der Waals surface area (Å²) in [6, 6.07) is 6.83. The van der Waals surface area contributed by atoms with Crippen molar-refractivity contribution in [1.82, 2.24) is 9.36 Å². The molecule has 1 unspecified atom stereocenters. The fourth-order valence-electron chi connectivity index (χ4n) is 2.70. The zero-order valence-corrected chi connectivity index (χ0v) is 11.8. The molecule has 7 heteroatoms. The van der Waals surface area contributed by atoms with Gasteiger partial charge in [0.2, 0.25) is 5.91 Å². The number of aromatic nitrogens is 2. The lowest BCUT2D eigenvalue weighted by molar-refractivity contribution is 0.0822. The maximum Gasteiger partial charge on any atom is 0.274 e. The fourth-order valence-corrected chi connectivity index (χ4v) is 4.43. The second-order valence-corrected chi connectivity index (χ2v) is 7.32. The van der Waals surface area contributed by atoms with Crippen molar-refractivity contribution < 1.29 is 13.2 Å². The van der Waals surface area contributed by atoms with Gasteiger partial charge in [0, 0.05) is 7.05 Å². The van der Waals surface area contributed by atoms with E-state index in [9.17, 15) is 18.0 Å². The van der Waals surface area contributed by atoms with Crippen LogP contribution in [0.3, 0.4) is 0 Å². The van der Waals surface area contributed by atoms with Crippen LogP contribution in [0.15, 0.2) is 29.1 Å². The smallest absolute Gasteiger partial charge is 0.272 e. The molecule has 6 nitrogen and oxygen atoms in total. The number of para-hydroxylation sites is 1. The van der Waals surface area contributed by atoms with Crippen LogP contribution in [0.4, 0.5) is 0 Å². The maximum atomic E-state index is 12.5. The van der Waals surface area contributed by atoms with Gasteiger partial charge in [0.15, 0.2) is 9.84 Å². The summed E-state index contributed by atoms with van der Waals surface area (Å²) in [5.41, 5.74) is 0.268. The summed E-state index contributed by atoms with van der Waals surface area (Å²) >= 11 is 0. The van der Waals surface area contributed by atoms with Crippen LogP contribution in [0.25, 0.3) is 10.9 Å². The van der Waals surface area contributed by atoms with Crippen molar-refractivity contribution in [3.63, 3.8) is 0 Å². The third-order valence-electron chi connectivity index (χ3n) is 3.75. The molecular formula is C13H14N2O4S. The highest BCUT2D eigenvalue weighted by Crippen LogP contribution is 2.22. The molecule has 20 heavy (non-hydrogen) atoms. The molecule has 2 aromatic rings. The normalized spacial score (nSPS) is 21.4. The molecular weight excluding hydrogens is 280 g/mol. The van der Waals surface area contributed by atoms with Gasteiger partial charge in [0.05, 0.1) is 28.3 Å². The highest BCUT2D eigenvalue weighted by molar-refractivity contribution is 7.91. The maximum absolute atomic E-state index is 12.5. The molecule has 0 N–H and O–H groups in total. The zero-order valence-electron chi connectivity index (χ0n) is 10.9. The first-order valence-corrected chi connectivity index (χ1v) is 8.14. The average molecular weight is 294 g/mol. The number of hydrogen-bond donors (Lipinski definition) is 0. The number of hydrogen-bond acceptors (Lipinski definition) is 4. The van der Waals surface area contributed by atoms with Gasteiger partial charge in [-0.15, -0.1) is 0 Å². The molecule has 1 fully saturated rings. The van der Waals surface area contributed by atoms with E-state index in [0.29, 0.717) is 17.3 Å². The van der Waals surface area contributed by atoms with E-state index < -0.39 is 15.8 Å². The Balaban J connectivity index is 2.14. The van der Waals surface area contributed by atoms with Gasteiger partial charge in [-0.25, -0.2) is 17.8 Å². The van der Waals surface area contributed by atoms with Crippen LogP contribution in [0.5, 0.6) is 0 Å². The first-order chi connectivity index (χ1) is 9.41. The Morgan fingerprint density at radius 2 is 2.00 bits per heavy atom. The van der Waals surface area contributed by atoms with Crippen LogP contribution in [-0.2, 0) is 16.9 Å². The van der Waals surface area contributed by atoms with E-state index in [4.69, 9.17) is 0 Å². The molecule has 1 aliphatic heterocycles. The van der Waals surface area contributed by atoms with Crippen molar-refractivity contribution in [1.29, 1.82) is 0 Å². The molecule has 0 radical (unpaired) electrons. The van der Waals surface area contributed by atoms with E-state index in [1.807, 2.05) is 0 Å². The lowest BCUT2D eigenvalue weighted by Crippen LogP contribution is -2.30. The van der Waals surface area contributed by atoms with Crippen LogP contribution in [0.1, 0.15) is 11.2 Å². The minimum atomic E-state index is -3.13. The highest BCUT2D eigenvalue weighted by Gasteiger charge is 2.35. The summed E-state index contributed by atoms with van der Waals surface area (Å²) in [5.74, 6) is -0.989. The molecule has 1 aliphatic rings. The van der Waals surface area contributed by atoms with Gasteiger partial charge in [-0.2, -0.15) is 0 Å². The SMILES string of the molecule is Cn1c(=O)c2ccccc2n1C(=O)C1CCS(=O)(=O)C1. The molecule has 0 spiro atoms. The number of nitrogens with zero attached hydrogens (tertiary/aromatic N) is 2. The summed E-state index contributed by atoms with van der Waals surface area (Å²) in [6.45, 7) is 0. The van der Waals surface area contributed by atoms with Gasteiger partial charge >= 0.3 is 0 Å². The van der Waals surface area contributed by atoms with E-state index in [2.05, 4.69) is 0 Å². The number of fused-ring (bicyclic) bond motifs is 1. The summed E-state index contributed by atoms with van der Waals surface area (Å²) in [4.78, 5) is 24.6. The van der Waals surface area contributed by atoms with Gasteiger partial charge in [-0.1, -0.05) is 12.1 Å². The Morgan fingerprint density at radius 3 is 2.65 bits per heavy atom. The second-order valence-electron chi connectivity index (χ2n) is 5.10. The number of carbonyl (C=O) groups is 1. The number of benzene rings is 1. The lowest BCUT2D eigenvalue weighted by Gasteiger charge is -2.11. The highest BCUT2D eigenvalue weighted by atomic mass is 32.2. The third kappa shape index (κ3) is 1.89. The summed E-state index contributed by atoms with van der Waals surface area (Å²) in [6.07, 6.45) is 0.321. The monoisotopic (exact) mass is 294 g/mol. The minimum absolute atomic E-state index is 0.0382. The first-order valence-electron chi connectivity index (χ1n) is 6.32. The van der Waals surface area contributed by atoms with E-state index in [0.717, 1.165) is 0 Å². The van der Waals surface area contributed by atoms with E-state index in [1.165, 1.54) is 16.4 Å². The van der Waals surface area contributed by atoms with E-state index in [1.54, 1.807) is 24.3 Å². The van der Waals surface area contributed by atoms with Crippen LogP contribution in [0, 0.1) is 5.92 Å². The fraction of sp³-hybridized carbons (Fsp3) is 0.385. The predicted molar refractivity (Wildman–Crippen MR) is 74.6 cm³/mol. The van der Waals surface area contributed by atoms with Gasteiger partial charge in [0.25, 0.3) is 5.56 Å². The van der Waals surface area contributed by atoms with Crippen molar-refractivity contribution in [3.8, 4) is 0 Å². The van der Waals surface area contributed by atoms with Crippen LogP contribution >= 0.6 is 0 Å². The Hall–Kier alpha value is -1.89. The van der Waals surface area contributed by atoms with E-state index in [-0.39, 0.29) is 23.0 Å². The largest absolute Gasteiger partial charge is 0.274 e. The van der Waals surface area contributed by atoms with Crippen LogP contribution in [0.2, 0.25) is 0 Å². The van der Waals surface area contributed by atoms with Crippen molar-refractivity contribution in [2.24, 2.45) is 13.0 Å². The molecule has 1 aromatic carbocycles. The summed E-state index contributed by atoms with van der Waals surface area (Å²) in [5, 5.41) is 0.462. The molecule has 106 valence electrons. The molecule has 0 saturated carbocycles. The van der Waals surface area contributed by atoms with Crippen LogP contribution < -0.4 is 5.56 Å². The molecule has 0 bridgehead atoms. The van der Waals surface area contributed by atoms with Crippen molar-refractivity contribution in [3.05, 3.63) is 34.6 Å². The Kier molecular flexibility index (Phi) is 2.82. The number of rotatable bonds is 1. The van der Waals surface area contributed by atoms with Gasteiger partial charge in [-0.3, -0.25) is 9.59 Å². The minimum Gasteiger partial charge on any atom is -0.272 e. The second kappa shape index (κ2) is 4.31. The van der Waals surface area contributed by atoms with Crippen molar-refractivity contribution in [2.45, 2.75) is 6.42 Å². The molecule has 2 heterocycles. The molecule has 0 amide bonds.